The molecule has 0 bridgehead atoms. The van der Waals surface area contributed by atoms with Gasteiger partial charge in [0.15, 0.2) is 0 Å². The second-order valence-corrected chi connectivity index (χ2v) is 6.14. The van der Waals surface area contributed by atoms with Gasteiger partial charge < -0.3 is 9.88 Å². The highest BCUT2D eigenvalue weighted by molar-refractivity contribution is 5.59. The van der Waals surface area contributed by atoms with Crippen molar-refractivity contribution in [1.82, 2.24) is 4.98 Å². The zero-order valence-corrected chi connectivity index (χ0v) is 15.4. The third-order valence-corrected chi connectivity index (χ3v) is 4.51. The lowest BCUT2D eigenvalue weighted by atomic mass is 9.95. The van der Waals surface area contributed by atoms with Gasteiger partial charge >= 0.3 is 0 Å². The van der Waals surface area contributed by atoms with Crippen molar-refractivity contribution in [3.05, 3.63) is 68.6 Å². The summed E-state index contributed by atoms with van der Waals surface area (Å²) in [6.07, 6.45) is 4.84. The van der Waals surface area contributed by atoms with Crippen molar-refractivity contribution in [1.29, 1.82) is 5.26 Å². The van der Waals surface area contributed by atoms with E-state index in [1.807, 2.05) is 44.0 Å². The van der Waals surface area contributed by atoms with Crippen LogP contribution in [0.5, 0.6) is 0 Å². The first kappa shape index (κ1) is 18.5. The normalized spacial score (nSPS) is 10.8. The summed E-state index contributed by atoms with van der Waals surface area (Å²) < 4.78 is 0. The Morgan fingerprint density at radius 2 is 2.04 bits per heavy atom. The standard InChI is InChI=1S/C21H25N3O/c1-5-18-15(3)23-21(25)20(24(4)6-2)19(18)14-17-10-7-9-16(13-17)11-8-12-22/h7-11,13H,5-6,14H2,1-4H3,(H,23,25)/b11-8+. The van der Waals surface area contributed by atoms with Crippen LogP contribution in [0.25, 0.3) is 6.08 Å². The van der Waals surface area contributed by atoms with Crippen LogP contribution in [0.1, 0.15) is 41.8 Å². The first-order chi connectivity index (χ1) is 12.0. The van der Waals surface area contributed by atoms with Gasteiger partial charge in [0.05, 0.1) is 6.07 Å². The lowest BCUT2D eigenvalue weighted by Crippen LogP contribution is -2.28. The molecular weight excluding hydrogens is 310 g/mol. The number of aromatic amines is 1. The fourth-order valence-electron chi connectivity index (χ4n) is 3.19. The van der Waals surface area contributed by atoms with Crippen molar-refractivity contribution >= 4 is 11.8 Å². The number of benzene rings is 1. The molecule has 0 saturated carbocycles. The molecule has 0 aliphatic carbocycles. The SMILES string of the molecule is CCc1c(C)[nH]c(=O)c(N(C)CC)c1Cc1cccc(/C=C/C#N)c1. The van der Waals surface area contributed by atoms with E-state index in [9.17, 15) is 4.79 Å². The van der Waals surface area contributed by atoms with Crippen molar-refractivity contribution in [2.75, 3.05) is 18.5 Å². The number of nitrogens with zero attached hydrogens (tertiary/aromatic N) is 2. The number of hydrogen-bond donors (Lipinski definition) is 1. The maximum Gasteiger partial charge on any atom is 0.271 e. The van der Waals surface area contributed by atoms with Crippen LogP contribution in [0.2, 0.25) is 0 Å². The predicted molar refractivity (Wildman–Crippen MR) is 104 cm³/mol. The van der Waals surface area contributed by atoms with Gasteiger partial charge in [-0.1, -0.05) is 31.2 Å². The summed E-state index contributed by atoms with van der Waals surface area (Å²) in [5, 5.41) is 8.71. The Balaban J connectivity index is 2.57. The van der Waals surface area contributed by atoms with Gasteiger partial charge in [-0.25, -0.2) is 0 Å². The molecule has 0 fully saturated rings. The zero-order chi connectivity index (χ0) is 18.4. The molecule has 0 aliphatic rings. The molecule has 0 atom stereocenters. The molecule has 1 N–H and O–H groups in total. The van der Waals surface area contributed by atoms with Crippen LogP contribution in [0.4, 0.5) is 5.69 Å². The zero-order valence-electron chi connectivity index (χ0n) is 15.4. The number of nitrogens with one attached hydrogen (secondary N) is 1. The first-order valence-electron chi connectivity index (χ1n) is 8.62. The summed E-state index contributed by atoms with van der Waals surface area (Å²) in [6.45, 7) is 6.90. The van der Waals surface area contributed by atoms with Crippen LogP contribution in [-0.4, -0.2) is 18.6 Å². The maximum absolute atomic E-state index is 12.6. The number of pyridine rings is 1. The summed E-state index contributed by atoms with van der Waals surface area (Å²) in [5.41, 5.74) is 6.07. The van der Waals surface area contributed by atoms with E-state index in [0.717, 1.165) is 41.0 Å². The molecule has 130 valence electrons. The number of aromatic nitrogens is 1. The Hall–Kier alpha value is -2.80. The van der Waals surface area contributed by atoms with E-state index in [1.54, 1.807) is 6.08 Å². The highest BCUT2D eigenvalue weighted by Gasteiger charge is 2.17. The van der Waals surface area contributed by atoms with Crippen LogP contribution in [-0.2, 0) is 12.8 Å². The summed E-state index contributed by atoms with van der Waals surface area (Å²) >= 11 is 0. The van der Waals surface area contributed by atoms with Gasteiger partial charge in [-0.3, -0.25) is 4.79 Å². The van der Waals surface area contributed by atoms with Crippen LogP contribution < -0.4 is 10.5 Å². The molecule has 0 spiro atoms. The van der Waals surface area contributed by atoms with Gasteiger partial charge in [0, 0.05) is 31.8 Å². The van der Waals surface area contributed by atoms with E-state index in [-0.39, 0.29) is 5.56 Å². The van der Waals surface area contributed by atoms with Crippen molar-refractivity contribution < 1.29 is 0 Å². The monoisotopic (exact) mass is 335 g/mol. The van der Waals surface area contributed by atoms with E-state index in [1.165, 1.54) is 11.6 Å². The molecule has 0 aliphatic heterocycles. The van der Waals surface area contributed by atoms with Crippen LogP contribution in [0.15, 0.2) is 35.1 Å². The number of hydrogen-bond acceptors (Lipinski definition) is 3. The van der Waals surface area contributed by atoms with Crippen molar-refractivity contribution in [2.45, 2.75) is 33.6 Å². The van der Waals surface area contributed by atoms with Crippen molar-refractivity contribution in [3.8, 4) is 6.07 Å². The number of anilines is 1. The molecule has 0 unspecified atom stereocenters. The molecular formula is C21H25N3O. The average molecular weight is 335 g/mol. The third kappa shape index (κ3) is 4.19. The quantitative estimate of drug-likeness (QED) is 0.816. The van der Waals surface area contributed by atoms with Gasteiger partial charge in [-0.15, -0.1) is 0 Å². The lowest BCUT2D eigenvalue weighted by molar-refractivity contribution is 0.901. The minimum atomic E-state index is -0.0328. The summed E-state index contributed by atoms with van der Waals surface area (Å²) in [5.74, 6) is 0. The van der Waals surface area contributed by atoms with Gasteiger partial charge in [0.1, 0.15) is 5.69 Å². The molecule has 1 aromatic carbocycles. The average Bonchev–Trinajstić information content (AvgIpc) is 2.60. The van der Waals surface area contributed by atoms with Gasteiger partial charge in [0.2, 0.25) is 0 Å². The minimum absolute atomic E-state index is 0.0328. The Kier molecular flexibility index (Phi) is 6.19. The lowest BCUT2D eigenvalue weighted by Gasteiger charge is -2.23. The Bertz CT molecular complexity index is 872. The number of allylic oxidation sites excluding steroid dienone is 1. The smallest absolute Gasteiger partial charge is 0.271 e. The summed E-state index contributed by atoms with van der Waals surface area (Å²) in [6, 6.07) is 10.1. The predicted octanol–water partition coefficient (Wildman–Crippen LogP) is 3.83. The Morgan fingerprint density at radius 1 is 1.28 bits per heavy atom. The van der Waals surface area contributed by atoms with Crippen molar-refractivity contribution in [2.24, 2.45) is 0 Å². The van der Waals surface area contributed by atoms with Crippen LogP contribution in [0.3, 0.4) is 0 Å². The van der Waals surface area contributed by atoms with E-state index < -0.39 is 0 Å². The summed E-state index contributed by atoms with van der Waals surface area (Å²) in [4.78, 5) is 17.6. The van der Waals surface area contributed by atoms with E-state index >= 15 is 0 Å². The van der Waals surface area contributed by atoms with Gasteiger partial charge in [0.25, 0.3) is 5.56 Å². The number of H-pyrrole nitrogens is 1. The van der Waals surface area contributed by atoms with E-state index in [4.69, 9.17) is 5.26 Å². The fourth-order valence-corrected chi connectivity index (χ4v) is 3.19. The maximum atomic E-state index is 12.6. The Labute approximate surface area is 149 Å². The molecule has 25 heavy (non-hydrogen) atoms. The highest BCUT2D eigenvalue weighted by Crippen LogP contribution is 2.25. The highest BCUT2D eigenvalue weighted by atomic mass is 16.1. The first-order valence-corrected chi connectivity index (χ1v) is 8.62. The number of aryl methyl sites for hydroxylation is 1. The van der Waals surface area contributed by atoms with Gasteiger partial charge in [-0.2, -0.15) is 5.26 Å². The van der Waals surface area contributed by atoms with Crippen LogP contribution >= 0.6 is 0 Å². The fraction of sp³-hybridized carbons (Fsp3) is 0.333. The molecule has 2 rings (SSSR count). The molecule has 4 nitrogen and oxygen atoms in total. The topological polar surface area (TPSA) is 59.9 Å². The molecule has 4 heteroatoms. The molecule has 2 aromatic rings. The Morgan fingerprint density at radius 3 is 2.68 bits per heavy atom. The minimum Gasteiger partial charge on any atom is -0.370 e. The van der Waals surface area contributed by atoms with Crippen LogP contribution in [0, 0.1) is 18.3 Å². The van der Waals surface area contributed by atoms with E-state index in [2.05, 4.69) is 24.0 Å². The van der Waals surface area contributed by atoms with Crippen molar-refractivity contribution in [3.63, 3.8) is 0 Å². The number of nitriles is 1. The molecule has 0 radical (unpaired) electrons. The second-order valence-electron chi connectivity index (χ2n) is 6.14. The largest absolute Gasteiger partial charge is 0.370 e. The molecule has 0 amide bonds. The number of rotatable bonds is 6. The second kappa shape index (κ2) is 8.34. The molecule has 1 heterocycles. The molecule has 1 aromatic heterocycles. The third-order valence-electron chi connectivity index (χ3n) is 4.51. The molecule has 0 saturated heterocycles. The van der Waals surface area contributed by atoms with E-state index in [0.29, 0.717) is 6.42 Å². The van der Waals surface area contributed by atoms with Gasteiger partial charge in [-0.05, 0) is 48.6 Å². The summed E-state index contributed by atoms with van der Waals surface area (Å²) in [7, 11) is 1.95.